The van der Waals surface area contributed by atoms with Crippen LogP contribution in [0, 0.1) is 6.07 Å². The largest absolute Gasteiger partial charge is 0.0690 e. The second-order valence-corrected chi connectivity index (χ2v) is 9.04. The fraction of sp³-hybridized carbons (Fsp3) is 0.667. The third-order valence-corrected chi connectivity index (χ3v) is 8.44. The van der Waals surface area contributed by atoms with Gasteiger partial charge in [0, 0.05) is 0 Å². The molecule has 0 bridgehead atoms. The molecule has 0 amide bonds. The minimum absolute atomic E-state index is 0.0879. The molecular weight excluding hydrogens is 247 g/mol. The lowest BCUT2D eigenvalue weighted by molar-refractivity contribution is 0.487. The van der Waals surface area contributed by atoms with Crippen molar-refractivity contribution < 1.29 is 0 Å². The molecule has 1 aromatic rings. The van der Waals surface area contributed by atoms with Crippen LogP contribution in [0.3, 0.4) is 0 Å². The van der Waals surface area contributed by atoms with Gasteiger partial charge in [-0.15, -0.1) is 0 Å². The average Bonchev–Trinajstić information content (AvgIpc) is 2.51. The molecule has 0 heterocycles. The number of hydrogen-bond donors (Lipinski definition) is 0. The second kappa shape index (κ2) is 6.89. The predicted molar refractivity (Wildman–Crippen MR) is 85.6 cm³/mol. The van der Waals surface area contributed by atoms with Crippen LogP contribution >= 0.6 is 7.92 Å². The summed E-state index contributed by atoms with van der Waals surface area (Å²) in [5.41, 5.74) is 2.04. The molecule has 103 valence electrons. The van der Waals surface area contributed by atoms with Crippen LogP contribution in [0.1, 0.15) is 64.2 Å². The van der Waals surface area contributed by atoms with Crippen LogP contribution in [-0.2, 0) is 0 Å². The van der Waals surface area contributed by atoms with Gasteiger partial charge in [0.2, 0.25) is 0 Å². The highest BCUT2D eigenvalue weighted by molar-refractivity contribution is 7.67. The third kappa shape index (κ3) is 3.40. The van der Waals surface area contributed by atoms with Crippen molar-refractivity contribution in [1.29, 1.82) is 0 Å². The first-order chi connectivity index (χ1) is 9.45. The van der Waals surface area contributed by atoms with E-state index in [2.05, 4.69) is 30.3 Å². The molecule has 0 nitrogen and oxygen atoms in total. The van der Waals surface area contributed by atoms with Gasteiger partial charge in [-0.25, -0.2) is 0 Å². The lowest BCUT2D eigenvalue weighted by Gasteiger charge is -2.38. The smallest absolute Gasteiger partial charge is 0.0166 e. The van der Waals surface area contributed by atoms with E-state index in [1.165, 1.54) is 64.2 Å². The van der Waals surface area contributed by atoms with Gasteiger partial charge in [-0.1, -0.05) is 70.7 Å². The van der Waals surface area contributed by atoms with Gasteiger partial charge < -0.3 is 0 Å². The molecule has 2 aliphatic rings. The summed E-state index contributed by atoms with van der Waals surface area (Å²) < 4.78 is 0. The van der Waals surface area contributed by atoms with Crippen LogP contribution in [0.5, 0.6) is 0 Å². The van der Waals surface area contributed by atoms with Crippen LogP contribution in [0.2, 0.25) is 0 Å². The van der Waals surface area contributed by atoms with Crippen molar-refractivity contribution in [3.63, 3.8) is 0 Å². The normalized spacial score (nSPS) is 22.8. The first-order valence-electron chi connectivity index (χ1n) is 8.19. The Morgan fingerprint density at radius 3 is 1.68 bits per heavy atom. The third-order valence-electron chi connectivity index (χ3n) is 4.93. The van der Waals surface area contributed by atoms with Crippen LogP contribution < -0.4 is 5.30 Å². The molecule has 2 saturated carbocycles. The van der Waals surface area contributed by atoms with E-state index in [-0.39, 0.29) is 7.92 Å². The van der Waals surface area contributed by atoms with Gasteiger partial charge in [0.25, 0.3) is 0 Å². The van der Waals surface area contributed by atoms with Gasteiger partial charge in [-0.05, 0) is 48.4 Å². The topological polar surface area (TPSA) is 0 Å². The van der Waals surface area contributed by atoms with Gasteiger partial charge in [0.1, 0.15) is 0 Å². The molecule has 0 aromatic heterocycles. The Hall–Kier alpha value is -0.350. The van der Waals surface area contributed by atoms with Gasteiger partial charge >= 0.3 is 0 Å². The molecule has 0 spiro atoms. The molecule has 0 N–H and O–H groups in total. The Morgan fingerprint density at radius 2 is 1.21 bits per heavy atom. The second-order valence-electron chi connectivity index (χ2n) is 6.25. The first kappa shape index (κ1) is 13.6. The van der Waals surface area contributed by atoms with Crippen molar-refractivity contribution in [3.8, 4) is 0 Å². The molecule has 0 atom stereocenters. The summed E-state index contributed by atoms with van der Waals surface area (Å²) in [6.45, 7) is 0. The Morgan fingerprint density at radius 1 is 0.737 bits per heavy atom. The molecule has 3 rings (SSSR count). The fourth-order valence-corrected chi connectivity index (χ4v) is 7.76. The zero-order valence-corrected chi connectivity index (χ0v) is 12.9. The van der Waals surface area contributed by atoms with E-state index >= 15 is 0 Å². The Kier molecular flexibility index (Phi) is 4.94. The Balaban J connectivity index is 1.81. The maximum Gasteiger partial charge on any atom is -0.0166 e. The maximum atomic E-state index is 3.20. The summed E-state index contributed by atoms with van der Waals surface area (Å²) in [7, 11) is 0.0879. The fourth-order valence-electron chi connectivity index (χ4n) is 3.99. The van der Waals surface area contributed by atoms with Crippen molar-refractivity contribution in [1.82, 2.24) is 0 Å². The van der Waals surface area contributed by atoms with E-state index in [4.69, 9.17) is 0 Å². The standard InChI is InChI=1S/C18H26P/c1-4-10-16(11-5-1)19(17-12-6-2-7-13-17)18-14-8-3-9-15-18/h8-9,14-17H,1-2,4-7,10-13H2. The van der Waals surface area contributed by atoms with Gasteiger partial charge in [-0.2, -0.15) is 0 Å². The van der Waals surface area contributed by atoms with Crippen LogP contribution in [0.15, 0.2) is 24.3 Å². The molecule has 2 aliphatic carbocycles. The predicted octanol–water partition coefficient (Wildman–Crippen LogP) is 5.26. The molecule has 0 aliphatic heterocycles. The SMILES string of the molecule is [c]1ccc(P(C2CCCCC2)C2CCCCC2)cc1. The Labute approximate surface area is 119 Å². The zero-order valence-electron chi connectivity index (χ0n) is 12.0. The number of rotatable bonds is 3. The van der Waals surface area contributed by atoms with Crippen molar-refractivity contribution in [2.75, 3.05) is 0 Å². The van der Waals surface area contributed by atoms with Crippen molar-refractivity contribution in [2.24, 2.45) is 0 Å². The average molecular weight is 273 g/mol. The van der Waals surface area contributed by atoms with E-state index in [0.29, 0.717) is 0 Å². The molecular formula is C18H26P. The lowest BCUT2D eigenvalue weighted by atomic mass is 9.99. The van der Waals surface area contributed by atoms with E-state index in [9.17, 15) is 0 Å². The van der Waals surface area contributed by atoms with Gasteiger partial charge in [0.15, 0.2) is 0 Å². The van der Waals surface area contributed by atoms with E-state index in [1.807, 2.05) is 0 Å². The van der Waals surface area contributed by atoms with Crippen LogP contribution in [-0.4, -0.2) is 11.3 Å². The number of benzene rings is 1. The molecule has 1 radical (unpaired) electrons. The van der Waals surface area contributed by atoms with Crippen LogP contribution in [0.25, 0.3) is 0 Å². The minimum atomic E-state index is 0.0879. The van der Waals surface area contributed by atoms with E-state index in [1.54, 1.807) is 5.30 Å². The summed E-state index contributed by atoms with van der Waals surface area (Å²) in [6, 6.07) is 12.2. The summed E-state index contributed by atoms with van der Waals surface area (Å²) in [6.07, 6.45) is 14.9. The first-order valence-corrected chi connectivity index (χ1v) is 9.67. The maximum absolute atomic E-state index is 3.20. The van der Waals surface area contributed by atoms with Crippen molar-refractivity contribution >= 4 is 13.2 Å². The highest BCUT2D eigenvalue weighted by atomic mass is 31.1. The van der Waals surface area contributed by atoms with Crippen LogP contribution in [0.4, 0.5) is 0 Å². The highest BCUT2D eigenvalue weighted by Gasteiger charge is 2.31. The van der Waals surface area contributed by atoms with E-state index < -0.39 is 0 Å². The Bertz CT molecular complexity index is 343. The molecule has 0 saturated heterocycles. The van der Waals surface area contributed by atoms with E-state index in [0.717, 1.165) is 11.3 Å². The van der Waals surface area contributed by atoms with Crippen molar-refractivity contribution in [3.05, 3.63) is 30.3 Å². The zero-order chi connectivity index (χ0) is 12.9. The molecule has 19 heavy (non-hydrogen) atoms. The highest BCUT2D eigenvalue weighted by Crippen LogP contribution is 2.54. The molecule has 0 unspecified atom stereocenters. The lowest BCUT2D eigenvalue weighted by Crippen LogP contribution is -2.26. The monoisotopic (exact) mass is 273 g/mol. The summed E-state index contributed by atoms with van der Waals surface area (Å²) in [5.74, 6) is 0. The quantitative estimate of drug-likeness (QED) is 0.659. The summed E-state index contributed by atoms with van der Waals surface area (Å²) in [5, 5.41) is 1.67. The van der Waals surface area contributed by atoms with Gasteiger partial charge in [-0.3, -0.25) is 0 Å². The number of hydrogen-bond acceptors (Lipinski definition) is 0. The summed E-state index contributed by atoms with van der Waals surface area (Å²) >= 11 is 0. The minimum Gasteiger partial charge on any atom is -0.0690 e. The van der Waals surface area contributed by atoms with Crippen molar-refractivity contribution in [2.45, 2.75) is 75.5 Å². The summed E-state index contributed by atoms with van der Waals surface area (Å²) in [4.78, 5) is 0. The molecule has 1 heteroatoms. The van der Waals surface area contributed by atoms with Gasteiger partial charge in [0.05, 0.1) is 0 Å². The molecule has 1 aromatic carbocycles. The molecule has 2 fully saturated rings.